The van der Waals surface area contributed by atoms with Gasteiger partial charge < -0.3 is 20.5 Å². The molecular weight excluding hydrogens is 282 g/mol. The van der Waals surface area contributed by atoms with Crippen LogP contribution in [0.1, 0.15) is 38.2 Å². The minimum atomic E-state index is -0.297. The van der Waals surface area contributed by atoms with Crippen molar-refractivity contribution in [2.45, 2.75) is 44.8 Å². The molecule has 22 heavy (non-hydrogen) atoms. The third-order valence-corrected chi connectivity index (χ3v) is 3.69. The van der Waals surface area contributed by atoms with E-state index in [-0.39, 0.29) is 18.2 Å². The van der Waals surface area contributed by atoms with Gasteiger partial charge in [0.25, 0.3) is 0 Å². The second-order valence-electron chi connectivity index (χ2n) is 5.36. The topological polar surface area (TPSA) is 94.4 Å². The molecule has 0 aromatic heterocycles. The monoisotopic (exact) mass is 303 g/mol. The lowest BCUT2D eigenvalue weighted by atomic mass is 9.93. The standard InChI is InChI=1S/C16H21N3O3/c1-2-22-15-8-5-13(9-11(15)10-17)19-16(21)18-12-3-6-14(20)7-4-12/h5,8-9,12,14,20H,2-4,6-7H2,1H3,(H2,18,19,21). The Balaban J connectivity index is 1.92. The number of urea groups is 1. The molecule has 0 spiro atoms. The zero-order chi connectivity index (χ0) is 15.9. The molecule has 1 aromatic carbocycles. The molecule has 0 heterocycles. The Morgan fingerprint density at radius 2 is 2.14 bits per heavy atom. The van der Waals surface area contributed by atoms with Crippen molar-refractivity contribution in [3.05, 3.63) is 23.8 Å². The highest BCUT2D eigenvalue weighted by atomic mass is 16.5. The van der Waals surface area contributed by atoms with Gasteiger partial charge >= 0.3 is 6.03 Å². The first-order chi connectivity index (χ1) is 10.6. The summed E-state index contributed by atoms with van der Waals surface area (Å²) in [5.74, 6) is 0.511. The molecule has 0 saturated heterocycles. The van der Waals surface area contributed by atoms with Gasteiger partial charge in [0.2, 0.25) is 0 Å². The van der Waals surface area contributed by atoms with Gasteiger partial charge in [-0.2, -0.15) is 5.26 Å². The smallest absolute Gasteiger partial charge is 0.319 e. The Labute approximate surface area is 130 Å². The number of aliphatic hydroxyl groups excluding tert-OH is 1. The number of carbonyl (C=O) groups excluding carboxylic acids is 1. The van der Waals surface area contributed by atoms with Crippen LogP contribution in [0.5, 0.6) is 5.75 Å². The highest BCUT2D eigenvalue weighted by Gasteiger charge is 2.20. The van der Waals surface area contributed by atoms with Crippen LogP contribution in [0.2, 0.25) is 0 Å². The zero-order valence-electron chi connectivity index (χ0n) is 12.6. The lowest BCUT2D eigenvalue weighted by Crippen LogP contribution is -2.40. The minimum Gasteiger partial charge on any atom is -0.492 e. The van der Waals surface area contributed by atoms with E-state index in [4.69, 9.17) is 10.00 Å². The third kappa shape index (κ3) is 4.37. The number of nitriles is 1. The molecule has 1 aliphatic carbocycles. The summed E-state index contributed by atoms with van der Waals surface area (Å²) < 4.78 is 5.34. The van der Waals surface area contributed by atoms with Crippen LogP contribution in [0.3, 0.4) is 0 Å². The maximum absolute atomic E-state index is 12.0. The summed E-state index contributed by atoms with van der Waals surface area (Å²) in [4.78, 5) is 12.0. The Morgan fingerprint density at radius 3 is 2.77 bits per heavy atom. The summed E-state index contributed by atoms with van der Waals surface area (Å²) in [7, 11) is 0. The number of amides is 2. The predicted molar refractivity (Wildman–Crippen MR) is 82.7 cm³/mol. The summed E-state index contributed by atoms with van der Waals surface area (Å²) in [5, 5.41) is 24.2. The summed E-state index contributed by atoms with van der Waals surface area (Å²) >= 11 is 0. The van der Waals surface area contributed by atoms with Crippen molar-refractivity contribution in [2.24, 2.45) is 0 Å². The maximum Gasteiger partial charge on any atom is 0.319 e. The van der Waals surface area contributed by atoms with Gasteiger partial charge in [0.1, 0.15) is 11.8 Å². The number of aliphatic hydroxyl groups is 1. The Bertz CT molecular complexity index is 560. The van der Waals surface area contributed by atoms with E-state index in [0.29, 0.717) is 36.4 Å². The van der Waals surface area contributed by atoms with Gasteiger partial charge in [0, 0.05) is 11.7 Å². The van der Waals surface area contributed by atoms with E-state index in [1.165, 1.54) is 0 Å². The zero-order valence-corrected chi connectivity index (χ0v) is 12.6. The molecule has 1 saturated carbocycles. The van der Waals surface area contributed by atoms with Crippen LogP contribution >= 0.6 is 0 Å². The van der Waals surface area contributed by atoms with E-state index in [1.807, 2.05) is 6.92 Å². The summed E-state index contributed by atoms with van der Waals surface area (Å²) in [6, 6.07) is 6.82. The fraction of sp³-hybridized carbons (Fsp3) is 0.500. The number of hydrogen-bond acceptors (Lipinski definition) is 4. The van der Waals surface area contributed by atoms with Gasteiger partial charge in [-0.3, -0.25) is 0 Å². The van der Waals surface area contributed by atoms with E-state index in [9.17, 15) is 9.90 Å². The van der Waals surface area contributed by atoms with Crippen LogP contribution in [-0.2, 0) is 0 Å². The first-order valence-electron chi connectivity index (χ1n) is 7.55. The van der Waals surface area contributed by atoms with Crippen molar-refractivity contribution in [3.63, 3.8) is 0 Å². The Morgan fingerprint density at radius 1 is 1.41 bits per heavy atom. The van der Waals surface area contributed by atoms with Gasteiger partial charge in [-0.1, -0.05) is 0 Å². The average Bonchev–Trinajstić information content (AvgIpc) is 2.51. The fourth-order valence-corrected chi connectivity index (χ4v) is 2.55. The molecule has 0 unspecified atom stereocenters. The van der Waals surface area contributed by atoms with Gasteiger partial charge in [-0.15, -0.1) is 0 Å². The van der Waals surface area contributed by atoms with Gasteiger partial charge in [0.05, 0.1) is 18.3 Å². The number of rotatable bonds is 4. The van der Waals surface area contributed by atoms with E-state index < -0.39 is 0 Å². The largest absolute Gasteiger partial charge is 0.492 e. The highest BCUT2D eigenvalue weighted by Crippen LogP contribution is 2.22. The van der Waals surface area contributed by atoms with E-state index in [2.05, 4.69) is 16.7 Å². The molecule has 2 amide bonds. The van der Waals surface area contributed by atoms with Crippen molar-refractivity contribution in [3.8, 4) is 11.8 Å². The summed E-state index contributed by atoms with van der Waals surface area (Å²) in [6.45, 7) is 2.33. The quantitative estimate of drug-likeness (QED) is 0.796. The molecule has 1 aromatic rings. The summed E-state index contributed by atoms with van der Waals surface area (Å²) in [5.41, 5.74) is 0.939. The molecule has 0 radical (unpaired) electrons. The van der Waals surface area contributed by atoms with Crippen molar-refractivity contribution in [1.82, 2.24) is 5.32 Å². The molecule has 0 aliphatic heterocycles. The normalized spacial score (nSPS) is 20.8. The molecule has 1 aliphatic rings. The van der Waals surface area contributed by atoms with Crippen LogP contribution in [0.25, 0.3) is 0 Å². The molecule has 6 heteroatoms. The number of benzene rings is 1. The number of ether oxygens (including phenoxy) is 1. The van der Waals surface area contributed by atoms with Crippen molar-refractivity contribution in [2.75, 3.05) is 11.9 Å². The highest BCUT2D eigenvalue weighted by molar-refractivity contribution is 5.89. The van der Waals surface area contributed by atoms with Crippen LogP contribution in [0, 0.1) is 11.3 Å². The van der Waals surface area contributed by atoms with Gasteiger partial charge in [-0.25, -0.2) is 4.79 Å². The Hall–Kier alpha value is -2.26. The number of carbonyl (C=O) groups is 1. The predicted octanol–water partition coefficient (Wildman–Crippen LogP) is 2.38. The molecule has 118 valence electrons. The van der Waals surface area contributed by atoms with Crippen LogP contribution in [0.15, 0.2) is 18.2 Å². The van der Waals surface area contributed by atoms with E-state index in [0.717, 1.165) is 12.8 Å². The van der Waals surface area contributed by atoms with Crippen LogP contribution in [0.4, 0.5) is 10.5 Å². The lowest BCUT2D eigenvalue weighted by molar-refractivity contribution is 0.118. The first kappa shape index (κ1) is 16.1. The molecular formula is C16H21N3O3. The number of anilines is 1. The fourth-order valence-electron chi connectivity index (χ4n) is 2.55. The molecule has 1 fully saturated rings. The summed E-state index contributed by atoms with van der Waals surface area (Å²) in [6.07, 6.45) is 2.74. The molecule has 0 bridgehead atoms. The van der Waals surface area contributed by atoms with Crippen LogP contribution in [-0.4, -0.2) is 29.9 Å². The second kappa shape index (κ2) is 7.66. The average molecular weight is 303 g/mol. The lowest BCUT2D eigenvalue weighted by Gasteiger charge is -2.26. The molecule has 0 atom stereocenters. The van der Waals surface area contributed by atoms with Gasteiger partial charge in [-0.05, 0) is 50.8 Å². The molecule has 3 N–H and O–H groups in total. The molecule has 2 rings (SSSR count). The number of hydrogen-bond donors (Lipinski definition) is 3. The van der Waals surface area contributed by atoms with Crippen molar-refractivity contribution in [1.29, 1.82) is 5.26 Å². The van der Waals surface area contributed by atoms with Crippen molar-refractivity contribution >= 4 is 11.7 Å². The number of nitrogens with one attached hydrogen (secondary N) is 2. The van der Waals surface area contributed by atoms with Gasteiger partial charge in [0.15, 0.2) is 0 Å². The third-order valence-electron chi connectivity index (χ3n) is 3.69. The SMILES string of the molecule is CCOc1ccc(NC(=O)NC2CCC(O)CC2)cc1C#N. The molecule has 6 nitrogen and oxygen atoms in total. The van der Waals surface area contributed by atoms with E-state index >= 15 is 0 Å². The Kier molecular flexibility index (Phi) is 5.61. The van der Waals surface area contributed by atoms with E-state index in [1.54, 1.807) is 18.2 Å². The van der Waals surface area contributed by atoms with Crippen LogP contribution < -0.4 is 15.4 Å². The second-order valence-corrected chi connectivity index (χ2v) is 5.36. The minimum absolute atomic E-state index is 0.0848. The van der Waals surface area contributed by atoms with Crippen molar-refractivity contribution < 1.29 is 14.6 Å². The maximum atomic E-state index is 12.0. The first-order valence-corrected chi connectivity index (χ1v) is 7.55. The number of nitrogens with zero attached hydrogens (tertiary/aromatic N) is 1.